The monoisotopic (exact) mass is 279 g/mol. The lowest BCUT2D eigenvalue weighted by molar-refractivity contribution is 0.628. The zero-order chi connectivity index (χ0) is 11.7. The van der Waals surface area contributed by atoms with E-state index in [0.29, 0.717) is 10.2 Å². The fourth-order valence-electron chi connectivity index (χ4n) is 1.53. The average Bonchev–Trinajstić information content (AvgIpc) is 2.59. The molecule has 0 aliphatic rings. The van der Waals surface area contributed by atoms with E-state index in [4.69, 9.17) is 6.57 Å². The van der Waals surface area contributed by atoms with E-state index in [9.17, 15) is 4.39 Å². The number of halogens is 2. The number of aromatic nitrogens is 2. The Morgan fingerprint density at radius 3 is 2.81 bits per heavy atom. The Balaban J connectivity index is 2.79. The Morgan fingerprint density at radius 2 is 2.25 bits per heavy atom. The lowest BCUT2D eigenvalue weighted by atomic mass is 10.1. The quantitative estimate of drug-likeness (QED) is 0.732. The highest BCUT2D eigenvalue weighted by atomic mass is 79.9. The van der Waals surface area contributed by atoms with Crippen LogP contribution in [0.2, 0.25) is 0 Å². The summed E-state index contributed by atoms with van der Waals surface area (Å²) in [5, 5.41) is 4.01. The molecule has 0 bridgehead atoms. The summed E-state index contributed by atoms with van der Waals surface area (Å²) in [6.45, 7) is 7.04. The Labute approximate surface area is 100 Å². The van der Waals surface area contributed by atoms with E-state index in [-0.39, 0.29) is 11.3 Å². The third-order valence-corrected chi connectivity index (χ3v) is 2.82. The minimum absolute atomic E-state index is 0.282. The molecule has 0 aliphatic carbocycles. The van der Waals surface area contributed by atoms with E-state index in [2.05, 4.69) is 25.9 Å². The van der Waals surface area contributed by atoms with Gasteiger partial charge in [-0.3, -0.25) is 4.68 Å². The number of benzene rings is 1. The lowest BCUT2D eigenvalue weighted by Crippen LogP contribution is -1.96. The van der Waals surface area contributed by atoms with E-state index in [1.165, 1.54) is 16.8 Å². The molecule has 2 aromatic rings. The highest BCUT2D eigenvalue weighted by molar-refractivity contribution is 9.10. The molecular formula is C11H7BrFN3. The van der Waals surface area contributed by atoms with Crippen molar-refractivity contribution in [1.82, 2.24) is 9.78 Å². The van der Waals surface area contributed by atoms with Gasteiger partial charge in [-0.2, -0.15) is 5.10 Å². The highest BCUT2D eigenvalue weighted by Crippen LogP contribution is 2.36. The first-order valence-electron chi connectivity index (χ1n) is 4.49. The summed E-state index contributed by atoms with van der Waals surface area (Å²) in [6, 6.07) is 4.45. The zero-order valence-electron chi connectivity index (χ0n) is 8.41. The largest absolute Gasteiger partial charge is 0.268 e. The highest BCUT2D eigenvalue weighted by Gasteiger charge is 2.17. The van der Waals surface area contributed by atoms with Crippen LogP contribution in [0.15, 0.2) is 28.9 Å². The number of aryl methyl sites for hydroxylation is 1. The zero-order valence-corrected chi connectivity index (χ0v) is 9.99. The molecule has 0 fully saturated rings. The summed E-state index contributed by atoms with van der Waals surface area (Å²) >= 11 is 3.30. The third kappa shape index (κ3) is 1.61. The summed E-state index contributed by atoms with van der Waals surface area (Å²) in [4.78, 5) is 3.32. The molecule has 0 spiro atoms. The first-order chi connectivity index (χ1) is 7.65. The molecule has 1 aromatic heterocycles. The standard InChI is InChI=1S/C11H7BrFN3/c1-14-9-5-3-4-8(13)10(9)11-7(12)6-15-16(11)2/h3-6H,2H3. The average molecular weight is 280 g/mol. The topological polar surface area (TPSA) is 22.2 Å². The van der Waals surface area contributed by atoms with E-state index in [1.807, 2.05) is 0 Å². The predicted octanol–water partition coefficient (Wildman–Crippen LogP) is 3.54. The molecule has 16 heavy (non-hydrogen) atoms. The van der Waals surface area contributed by atoms with Crippen LogP contribution in [-0.2, 0) is 7.05 Å². The molecule has 3 nitrogen and oxygen atoms in total. The fraction of sp³-hybridized carbons (Fsp3) is 0.0909. The Bertz CT molecular complexity index is 564. The van der Waals surface area contributed by atoms with Crippen molar-refractivity contribution in [1.29, 1.82) is 0 Å². The minimum atomic E-state index is -0.419. The molecule has 0 N–H and O–H groups in total. The molecule has 0 amide bonds. The maximum absolute atomic E-state index is 13.8. The Hall–Kier alpha value is -1.67. The van der Waals surface area contributed by atoms with E-state index in [0.717, 1.165) is 0 Å². The van der Waals surface area contributed by atoms with Gasteiger partial charge in [0.1, 0.15) is 5.82 Å². The van der Waals surface area contributed by atoms with Crippen LogP contribution < -0.4 is 0 Å². The van der Waals surface area contributed by atoms with Gasteiger partial charge in [-0.25, -0.2) is 9.24 Å². The van der Waals surface area contributed by atoms with Gasteiger partial charge in [0.25, 0.3) is 0 Å². The van der Waals surface area contributed by atoms with Crippen LogP contribution in [0.3, 0.4) is 0 Å². The molecular weight excluding hydrogens is 273 g/mol. The van der Waals surface area contributed by atoms with Gasteiger partial charge in [-0.05, 0) is 22.0 Å². The van der Waals surface area contributed by atoms with E-state index < -0.39 is 5.82 Å². The van der Waals surface area contributed by atoms with Crippen molar-refractivity contribution in [2.45, 2.75) is 0 Å². The van der Waals surface area contributed by atoms with Gasteiger partial charge in [0.05, 0.1) is 22.9 Å². The van der Waals surface area contributed by atoms with Gasteiger partial charge >= 0.3 is 0 Å². The molecule has 0 saturated carbocycles. The van der Waals surface area contributed by atoms with Crippen molar-refractivity contribution in [3.05, 3.63) is 46.1 Å². The van der Waals surface area contributed by atoms with E-state index in [1.54, 1.807) is 19.3 Å². The van der Waals surface area contributed by atoms with Crippen molar-refractivity contribution in [3.63, 3.8) is 0 Å². The van der Waals surface area contributed by atoms with Crippen LogP contribution in [0.5, 0.6) is 0 Å². The number of hydrogen-bond donors (Lipinski definition) is 0. The van der Waals surface area contributed by atoms with Crippen molar-refractivity contribution in [2.24, 2.45) is 7.05 Å². The van der Waals surface area contributed by atoms with Crippen LogP contribution in [-0.4, -0.2) is 9.78 Å². The van der Waals surface area contributed by atoms with Crippen LogP contribution in [0.4, 0.5) is 10.1 Å². The van der Waals surface area contributed by atoms with Gasteiger partial charge in [-0.15, -0.1) is 0 Å². The van der Waals surface area contributed by atoms with Gasteiger partial charge in [0.15, 0.2) is 5.69 Å². The molecule has 80 valence electrons. The molecule has 0 aliphatic heterocycles. The maximum Gasteiger partial charge on any atom is 0.199 e. The lowest BCUT2D eigenvalue weighted by Gasteiger charge is -2.06. The van der Waals surface area contributed by atoms with Crippen LogP contribution in [0.1, 0.15) is 0 Å². The summed E-state index contributed by atoms with van der Waals surface area (Å²) in [6.07, 6.45) is 1.58. The Kier molecular flexibility index (Phi) is 2.75. The molecule has 5 heteroatoms. The first-order valence-corrected chi connectivity index (χ1v) is 5.28. The Morgan fingerprint density at radius 1 is 1.50 bits per heavy atom. The maximum atomic E-state index is 13.8. The minimum Gasteiger partial charge on any atom is -0.268 e. The number of nitrogens with zero attached hydrogens (tertiary/aromatic N) is 3. The number of rotatable bonds is 1. The summed E-state index contributed by atoms with van der Waals surface area (Å²) < 4.78 is 16.0. The second-order valence-electron chi connectivity index (χ2n) is 3.21. The summed E-state index contributed by atoms with van der Waals surface area (Å²) in [5.74, 6) is -0.419. The fourth-order valence-corrected chi connectivity index (χ4v) is 2.08. The predicted molar refractivity (Wildman–Crippen MR) is 62.6 cm³/mol. The molecule has 0 atom stereocenters. The van der Waals surface area contributed by atoms with Crippen molar-refractivity contribution >= 4 is 21.6 Å². The van der Waals surface area contributed by atoms with Crippen molar-refractivity contribution < 1.29 is 4.39 Å². The SMILES string of the molecule is [C-]#[N+]c1cccc(F)c1-c1c(Br)cnn1C. The van der Waals surface area contributed by atoms with Gasteiger partial charge in [0.2, 0.25) is 0 Å². The summed E-state index contributed by atoms with van der Waals surface area (Å²) in [5.41, 5.74) is 1.14. The smallest absolute Gasteiger partial charge is 0.199 e. The molecule has 1 aromatic carbocycles. The normalized spacial score (nSPS) is 10.1. The number of hydrogen-bond acceptors (Lipinski definition) is 1. The van der Waals surface area contributed by atoms with Crippen LogP contribution in [0, 0.1) is 12.4 Å². The molecule has 0 saturated heterocycles. The molecule has 2 rings (SSSR count). The van der Waals surface area contributed by atoms with Crippen LogP contribution in [0.25, 0.3) is 16.1 Å². The first kappa shape index (κ1) is 10.8. The van der Waals surface area contributed by atoms with E-state index >= 15 is 0 Å². The second kappa shape index (κ2) is 4.06. The van der Waals surface area contributed by atoms with Gasteiger partial charge in [-0.1, -0.05) is 12.1 Å². The third-order valence-electron chi connectivity index (χ3n) is 2.24. The van der Waals surface area contributed by atoms with Crippen molar-refractivity contribution in [3.8, 4) is 11.3 Å². The molecule has 0 unspecified atom stereocenters. The van der Waals surface area contributed by atoms with Crippen molar-refractivity contribution in [2.75, 3.05) is 0 Å². The second-order valence-corrected chi connectivity index (χ2v) is 4.06. The molecule has 0 radical (unpaired) electrons. The van der Waals surface area contributed by atoms with Gasteiger partial charge < -0.3 is 0 Å². The summed E-state index contributed by atoms with van der Waals surface area (Å²) in [7, 11) is 1.71. The van der Waals surface area contributed by atoms with Crippen LogP contribution >= 0.6 is 15.9 Å². The molecule has 1 heterocycles. The van der Waals surface area contributed by atoms with Gasteiger partial charge in [0, 0.05) is 12.6 Å².